The van der Waals surface area contributed by atoms with Gasteiger partial charge >= 0.3 is 5.97 Å². The van der Waals surface area contributed by atoms with Crippen LogP contribution in [-0.2, 0) is 4.74 Å². The topological polar surface area (TPSA) is 71.5 Å². The van der Waals surface area contributed by atoms with E-state index in [0.717, 1.165) is 19.5 Å². The standard InChI is InChI=1S/C12H19N3O3S/c1-8(16)10-9(11(17)18-4)14-12(19-10)13-6-5-7-15(2)3/h5-7H2,1-4H3,(H,13,14). The van der Waals surface area contributed by atoms with E-state index < -0.39 is 5.97 Å². The van der Waals surface area contributed by atoms with Gasteiger partial charge in [0.25, 0.3) is 0 Å². The summed E-state index contributed by atoms with van der Waals surface area (Å²) in [4.78, 5) is 29.5. The lowest BCUT2D eigenvalue weighted by molar-refractivity contribution is 0.0591. The van der Waals surface area contributed by atoms with E-state index in [4.69, 9.17) is 0 Å². The number of ether oxygens (including phenoxy) is 1. The lowest BCUT2D eigenvalue weighted by Gasteiger charge is -2.08. The Morgan fingerprint density at radius 2 is 2.11 bits per heavy atom. The fraction of sp³-hybridized carbons (Fsp3) is 0.583. The van der Waals surface area contributed by atoms with Crippen molar-refractivity contribution in [1.29, 1.82) is 0 Å². The number of ketones is 1. The average molecular weight is 285 g/mol. The molecule has 0 aliphatic rings. The number of thiazole rings is 1. The van der Waals surface area contributed by atoms with Gasteiger partial charge in [-0.25, -0.2) is 9.78 Å². The molecule has 0 spiro atoms. The van der Waals surface area contributed by atoms with Crippen LogP contribution in [0.2, 0.25) is 0 Å². The van der Waals surface area contributed by atoms with Crippen LogP contribution in [0, 0.1) is 0 Å². The summed E-state index contributed by atoms with van der Waals surface area (Å²) in [7, 11) is 5.29. The molecule has 0 aliphatic heterocycles. The van der Waals surface area contributed by atoms with Crippen LogP contribution in [0.15, 0.2) is 0 Å². The number of methoxy groups -OCH3 is 1. The Balaban J connectivity index is 2.70. The first-order valence-electron chi connectivity index (χ1n) is 5.94. The molecule has 0 aromatic carbocycles. The Bertz CT molecular complexity index is 457. The number of rotatable bonds is 7. The maximum absolute atomic E-state index is 11.5. The van der Waals surface area contributed by atoms with Crippen LogP contribution in [-0.4, -0.2) is 55.9 Å². The van der Waals surface area contributed by atoms with Gasteiger partial charge in [0.1, 0.15) is 4.88 Å². The SMILES string of the molecule is COC(=O)c1nc(NCCCN(C)C)sc1C(C)=O. The quantitative estimate of drug-likeness (QED) is 0.465. The molecular weight excluding hydrogens is 266 g/mol. The monoisotopic (exact) mass is 285 g/mol. The summed E-state index contributed by atoms with van der Waals surface area (Å²) in [5, 5.41) is 3.69. The van der Waals surface area contributed by atoms with E-state index in [-0.39, 0.29) is 11.5 Å². The number of nitrogens with one attached hydrogen (secondary N) is 1. The first-order chi connectivity index (χ1) is 8.95. The lowest BCUT2D eigenvalue weighted by Crippen LogP contribution is -2.16. The van der Waals surface area contributed by atoms with Gasteiger partial charge in [-0.15, -0.1) is 0 Å². The minimum atomic E-state index is -0.581. The normalized spacial score (nSPS) is 10.6. The zero-order valence-corrected chi connectivity index (χ0v) is 12.5. The molecule has 1 aromatic rings. The molecule has 0 bridgehead atoms. The molecule has 1 rings (SSSR count). The third kappa shape index (κ3) is 4.60. The van der Waals surface area contributed by atoms with Crippen molar-refractivity contribution in [2.45, 2.75) is 13.3 Å². The maximum Gasteiger partial charge on any atom is 0.358 e. The third-order valence-corrected chi connectivity index (χ3v) is 3.50. The van der Waals surface area contributed by atoms with Crippen LogP contribution in [0.3, 0.4) is 0 Å². The van der Waals surface area contributed by atoms with E-state index in [9.17, 15) is 9.59 Å². The van der Waals surface area contributed by atoms with Crippen molar-refractivity contribution in [1.82, 2.24) is 9.88 Å². The van der Waals surface area contributed by atoms with E-state index in [1.807, 2.05) is 14.1 Å². The van der Waals surface area contributed by atoms with Crippen molar-refractivity contribution in [3.63, 3.8) is 0 Å². The molecule has 7 heteroatoms. The molecule has 1 N–H and O–H groups in total. The number of carbonyl (C=O) groups excluding carboxylic acids is 2. The minimum absolute atomic E-state index is 0.0927. The number of hydrogen-bond acceptors (Lipinski definition) is 7. The van der Waals surface area contributed by atoms with Crippen molar-refractivity contribution in [3.8, 4) is 0 Å². The third-order valence-electron chi connectivity index (χ3n) is 2.38. The predicted molar refractivity (Wildman–Crippen MR) is 75.1 cm³/mol. The number of nitrogens with zero attached hydrogens (tertiary/aromatic N) is 2. The number of Topliss-reactive ketones (excluding diaryl/α,β-unsaturated/α-hetero) is 1. The highest BCUT2D eigenvalue weighted by atomic mass is 32.1. The molecule has 0 unspecified atom stereocenters. The number of carbonyl (C=O) groups is 2. The fourth-order valence-electron chi connectivity index (χ4n) is 1.46. The van der Waals surface area contributed by atoms with Crippen LogP contribution in [0.5, 0.6) is 0 Å². The Kier molecular flexibility index (Phi) is 5.91. The molecule has 1 aromatic heterocycles. The Labute approximate surface area is 116 Å². The molecule has 106 valence electrons. The Morgan fingerprint density at radius 1 is 1.42 bits per heavy atom. The van der Waals surface area contributed by atoms with Gasteiger partial charge in [-0.05, 0) is 27.1 Å². The highest BCUT2D eigenvalue weighted by Crippen LogP contribution is 2.24. The van der Waals surface area contributed by atoms with Crippen molar-refractivity contribution in [2.75, 3.05) is 39.6 Å². The number of esters is 1. The van der Waals surface area contributed by atoms with Crippen LogP contribution in [0.1, 0.15) is 33.5 Å². The summed E-state index contributed by atoms with van der Waals surface area (Å²) in [5.74, 6) is -0.762. The van der Waals surface area contributed by atoms with Crippen LogP contribution >= 0.6 is 11.3 Å². The average Bonchev–Trinajstić information content (AvgIpc) is 2.77. The van der Waals surface area contributed by atoms with E-state index in [2.05, 4.69) is 19.9 Å². The summed E-state index contributed by atoms with van der Waals surface area (Å²) < 4.78 is 4.62. The largest absolute Gasteiger partial charge is 0.464 e. The summed E-state index contributed by atoms with van der Waals surface area (Å²) >= 11 is 1.18. The molecular formula is C12H19N3O3S. The van der Waals surface area contributed by atoms with Crippen LogP contribution < -0.4 is 5.32 Å². The van der Waals surface area contributed by atoms with Gasteiger partial charge in [0.15, 0.2) is 16.6 Å². The zero-order chi connectivity index (χ0) is 14.4. The number of anilines is 1. The van der Waals surface area contributed by atoms with Gasteiger partial charge in [-0.1, -0.05) is 11.3 Å². The minimum Gasteiger partial charge on any atom is -0.464 e. The second-order valence-electron chi connectivity index (χ2n) is 4.33. The highest BCUT2D eigenvalue weighted by molar-refractivity contribution is 7.17. The molecule has 0 fully saturated rings. The number of hydrogen-bond donors (Lipinski definition) is 1. The summed E-state index contributed by atoms with van der Waals surface area (Å²) in [6.07, 6.45) is 0.954. The van der Waals surface area contributed by atoms with Gasteiger partial charge < -0.3 is 15.0 Å². The summed E-state index contributed by atoms with van der Waals surface area (Å²) in [6, 6.07) is 0. The molecule has 0 atom stereocenters. The van der Waals surface area contributed by atoms with Crippen LogP contribution in [0.25, 0.3) is 0 Å². The van der Waals surface area contributed by atoms with Crippen LogP contribution in [0.4, 0.5) is 5.13 Å². The van der Waals surface area contributed by atoms with Gasteiger partial charge in [0.05, 0.1) is 7.11 Å². The zero-order valence-electron chi connectivity index (χ0n) is 11.6. The molecule has 0 aliphatic carbocycles. The second-order valence-corrected chi connectivity index (χ2v) is 5.33. The Hall–Kier alpha value is -1.47. The molecule has 0 radical (unpaired) electrons. The fourth-order valence-corrected chi connectivity index (χ4v) is 2.33. The first kappa shape index (κ1) is 15.6. The van der Waals surface area contributed by atoms with Gasteiger partial charge in [-0.2, -0.15) is 0 Å². The molecule has 1 heterocycles. The second kappa shape index (κ2) is 7.20. The highest BCUT2D eigenvalue weighted by Gasteiger charge is 2.21. The van der Waals surface area contributed by atoms with E-state index in [0.29, 0.717) is 10.0 Å². The summed E-state index contributed by atoms with van der Waals surface area (Å²) in [5.41, 5.74) is 0.0927. The van der Waals surface area contributed by atoms with Gasteiger partial charge in [-0.3, -0.25) is 4.79 Å². The van der Waals surface area contributed by atoms with Gasteiger partial charge in [0, 0.05) is 13.5 Å². The van der Waals surface area contributed by atoms with E-state index >= 15 is 0 Å². The van der Waals surface area contributed by atoms with Gasteiger partial charge in [0.2, 0.25) is 0 Å². The molecule has 0 saturated heterocycles. The molecule has 6 nitrogen and oxygen atoms in total. The smallest absolute Gasteiger partial charge is 0.358 e. The lowest BCUT2D eigenvalue weighted by atomic mass is 10.3. The van der Waals surface area contributed by atoms with Crippen molar-refractivity contribution in [3.05, 3.63) is 10.6 Å². The van der Waals surface area contributed by atoms with Crippen molar-refractivity contribution in [2.24, 2.45) is 0 Å². The van der Waals surface area contributed by atoms with E-state index in [1.54, 1.807) is 0 Å². The predicted octanol–water partition coefficient (Wildman–Crippen LogP) is 1.50. The summed E-state index contributed by atoms with van der Waals surface area (Å²) in [6.45, 7) is 3.11. The van der Waals surface area contributed by atoms with Crippen molar-refractivity contribution < 1.29 is 14.3 Å². The maximum atomic E-state index is 11.5. The Morgan fingerprint density at radius 3 is 2.63 bits per heavy atom. The molecule has 19 heavy (non-hydrogen) atoms. The molecule has 0 amide bonds. The molecule has 0 saturated carbocycles. The first-order valence-corrected chi connectivity index (χ1v) is 6.76. The number of aromatic nitrogens is 1. The van der Waals surface area contributed by atoms with Crippen molar-refractivity contribution >= 4 is 28.2 Å². The van der Waals surface area contributed by atoms with E-state index in [1.165, 1.54) is 25.4 Å².